The molecule has 126 valence electrons. The maximum atomic E-state index is 12.5. The van der Waals surface area contributed by atoms with Crippen molar-refractivity contribution in [1.29, 1.82) is 0 Å². The summed E-state index contributed by atoms with van der Waals surface area (Å²) >= 11 is 5.90. The molecule has 1 aliphatic heterocycles. The summed E-state index contributed by atoms with van der Waals surface area (Å²) in [7, 11) is -3.41. The monoisotopic (exact) mass is 372 g/mol. The maximum absolute atomic E-state index is 12.5. The molecule has 0 radical (unpaired) electrons. The van der Waals surface area contributed by atoms with Gasteiger partial charge < -0.3 is 0 Å². The summed E-state index contributed by atoms with van der Waals surface area (Å²) < 4.78 is 26.3. The Morgan fingerprint density at radius 1 is 1.04 bits per heavy atom. The lowest BCUT2D eigenvalue weighted by molar-refractivity contribution is 0.596. The molecule has 2 heterocycles. The molecule has 0 spiro atoms. The summed E-state index contributed by atoms with van der Waals surface area (Å²) in [5.74, 6) is -0.0386. The van der Waals surface area contributed by atoms with Crippen LogP contribution < -0.4 is 5.56 Å². The minimum atomic E-state index is -3.41. The van der Waals surface area contributed by atoms with Crippen molar-refractivity contribution in [1.82, 2.24) is 9.78 Å². The summed E-state index contributed by atoms with van der Waals surface area (Å²) in [6.07, 6.45) is 0.260. The van der Waals surface area contributed by atoms with E-state index in [1.165, 1.54) is 10.7 Å². The first-order valence-electron chi connectivity index (χ1n) is 7.67. The van der Waals surface area contributed by atoms with Crippen LogP contribution in [0.4, 0.5) is 0 Å². The van der Waals surface area contributed by atoms with E-state index in [-0.39, 0.29) is 22.6 Å². The number of rotatable bonds is 1. The van der Waals surface area contributed by atoms with E-state index in [9.17, 15) is 13.2 Å². The Morgan fingerprint density at radius 3 is 2.52 bits per heavy atom. The highest BCUT2D eigenvalue weighted by Crippen LogP contribution is 2.32. The lowest BCUT2D eigenvalue weighted by atomic mass is 10.1. The molecule has 5 nitrogen and oxygen atoms in total. The van der Waals surface area contributed by atoms with E-state index in [0.29, 0.717) is 27.5 Å². The van der Waals surface area contributed by atoms with Gasteiger partial charge in [0.05, 0.1) is 22.0 Å². The van der Waals surface area contributed by atoms with Crippen molar-refractivity contribution in [2.24, 2.45) is 0 Å². The molecule has 0 bridgehead atoms. The topological polar surface area (TPSA) is 69.0 Å². The van der Waals surface area contributed by atoms with Crippen molar-refractivity contribution in [2.45, 2.75) is 11.3 Å². The average Bonchev–Trinajstić information content (AvgIpc) is 2.71. The van der Waals surface area contributed by atoms with Gasteiger partial charge in [0.25, 0.3) is 5.56 Å². The van der Waals surface area contributed by atoms with Crippen molar-refractivity contribution in [3.63, 3.8) is 0 Å². The van der Waals surface area contributed by atoms with Gasteiger partial charge in [-0.25, -0.2) is 8.42 Å². The number of aromatic nitrogens is 2. The summed E-state index contributed by atoms with van der Waals surface area (Å²) in [5.41, 5.74) is 1.95. The SMILES string of the molecule is O=c1cc2c(nn1-c1ccc(Cl)cc1)-c1ccccc1S(=O)(=O)CC2. The number of benzene rings is 2. The van der Waals surface area contributed by atoms with E-state index in [4.69, 9.17) is 11.6 Å². The van der Waals surface area contributed by atoms with Crippen LogP contribution in [0.1, 0.15) is 5.56 Å². The molecule has 2 aromatic carbocycles. The van der Waals surface area contributed by atoms with E-state index in [1.807, 2.05) is 0 Å². The molecule has 0 N–H and O–H groups in total. The molecule has 0 fully saturated rings. The molecule has 4 rings (SSSR count). The van der Waals surface area contributed by atoms with Crippen LogP contribution in [0.5, 0.6) is 0 Å². The Morgan fingerprint density at radius 2 is 1.76 bits per heavy atom. The van der Waals surface area contributed by atoms with Crippen LogP contribution in [-0.2, 0) is 16.3 Å². The highest BCUT2D eigenvalue weighted by molar-refractivity contribution is 7.91. The summed E-state index contributed by atoms with van der Waals surface area (Å²) in [6.45, 7) is 0. The fourth-order valence-corrected chi connectivity index (χ4v) is 4.58. The van der Waals surface area contributed by atoms with Gasteiger partial charge in [0.2, 0.25) is 0 Å². The van der Waals surface area contributed by atoms with Crippen LogP contribution in [0.15, 0.2) is 64.3 Å². The summed E-state index contributed by atoms with van der Waals surface area (Å²) in [4.78, 5) is 12.7. The second kappa shape index (κ2) is 5.82. The molecule has 7 heteroatoms. The highest BCUT2D eigenvalue weighted by Gasteiger charge is 2.26. The van der Waals surface area contributed by atoms with Crippen LogP contribution in [0.25, 0.3) is 16.9 Å². The first-order chi connectivity index (χ1) is 12.0. The van der Waals surface area contributed by atoms with E-state index in [2.05, 4.69) is 5.10 Å². The van der Waals surface area contributed by atoms with Crippen LogP contribution >= 0.6 is 11.6 Å². The van der Waals surface area contributed by atoms with E-state index in [1.54, 1.807) is 48.5 Å². The summed E-state index contributed by atoms with van der Waals surface area (Å²) in [5, 5.41) is 5.03. The smallest absolute Gasteiger partial charge is 0.267 e. The standard InChI is InChI=1S/C18H13ClN2O3S/c19-13-5-7-14(8-6-13)21-17(22)11-12-9-10-25(23,24)16-4-2-1-3-15(16)18(12)20-21/h1-8,11H,9-10H2. The van der Waals surface area contributed by atoms with Crippen molar-refractivity contribution in [3.8, 4) is 16.9 Å². The number of fused-ring (bicyclic) bond motifs is 3. The highest BCUT2D eigenvalue weighted by atomic mass is 35.5. The number of halogens is 1. The van der Waals surface area contributed by atoms with Crippen LogP contribution in [0.2, 0.25) is 5.02 Å². The normalized spacial score (nSPS) is 15.1. The second-order valence-corrected chi connectivity index (χ2v) is 8.32. The van der Waals surface area contributed by atoms with Gasteiger partial charge in [-0.2, -0.15) is 9.78 Å². The zero-order valence-electron chi connectivity index (χ0n) is 13.0. The third-order valence-corrected chi connectivity index (χ3v) is 6.22. The van der Waals surface area contributed by atoms with Crippen molar-refractivity contribution < 1.29 is 8.42 Å². The van der Waals surface area contributed by atoms with Gasteiger partial charge in [0.15, 0.2) is 9.84 Å². The van der Waals surface area contributed by atoms with Crippen LogP contribution in [-0.4, -0.2) is 24.0 Å². The fraction of sp³-hybridized carbons (Fsp3) is 0.111. The van der Waals surface area contributed by atoms with Crippen molar-refractivity contribution >= 4 is 21.4 Å². The van der Waals surface area contributed by atoms with Crippen LogP contribution in [0, 0.1) is 0 Å². The van der Waals surface area contributed by atoms with Gasteiger partial charge in [0, 0.05) is 16.7 Å². The minimum absolute atomic E-state index is 0.0386. The Balaban J connectivity index is 2.00. The largest absolute Gasteiger partial charge is 0.271 e. The van der Waals surface area contributed by atoms with Crippen molar-refractivity contribution in [2.75, 3.05) is 5.75 Å². The fourth-order valence-electron chi connectivity index (χ4n) is 2.96. The number of hydrogen-bond donors (Lipinski definition) is 0. The number of sulfone groups is 1. The molecule has 0 atom stereocenters. The van der Waals surface area contributed by atoms with Gasteiger partial charge in [-0.3, -0.25) is 4.79 Å². The Labute approximate surface area is 149 Å². The van der Waals surface area contributed by atoms with E-state index >= 15 is 0 Å². The number of nitrogens with zero attached hydrogens (tertiary/aromatic N) is 2. The molecule has 0 saturated heterocycles. The van der Waals surface area contributed by atoms with E-state index in [0.717, 1.165) is 0 Å². The Bertz CT molecular complexity index is 1140. The predicted octanol–water partition coefficient (Wildman–Crippen LogP) is 2.88. The summed E-state index contributed by atoms with van der Waals surface area (Å²) in [6, 6.07) is 15.0. The third kappa shape index (κ3) is 2.77. The zero-order valence-corrected chi connectivity index (χ0v) is 14.6. The molecule has 0 aliphatic carbocycles. The third-order valence-electron chi connectivity index (χ3n) is 4.20. The minimum Gasteiger partial charge on any atom is -0.267 e. The number of aryl methyl sites for hydroxylation is 1. The molecular weight excluding hydrogens is 360 g/mol. The zero-order chi connectivity index (χ0) is 17.6. The Kier molecular flexibility index (Phi) is 3.74. The maximum Gasteiger partial charge on any atom is 0.271 e. The molecule has 0 unspecified atom stereocenters. The average molecular weight is 373 g/mol. The Hall–Kier alpha value is -2.44. The molecule has 1 aromatic heterocycles. The van der Waals surface area contributed by atoms with Gasteiger partial charge >= 0.3 is 0 Å². The molecular formula is C18H13ClN2O3S. The number of hydrogen-bond acceptors (Lipinski definition) is 4. The second-order valence-electron chi connectivity index (χ2n) is 5.81. The van der Waals surface area contributed by atoms with Gasteiger partial charge in [-0.15, -0.1) is 0 Å². The van der Waals surface area contributed by atoms with Gasteiger partial charge in [-0.05, 0) is 42.3 Å². The quantitative estimate of drug-likeness (QED) is 0.658. The van der Waals surface area contributed by atoms with Crippen LogP contribution in [0.3, 0.4) is 0 Å². The first kappa shape index (κ1) is 16.1. The lowest BCUT2D eigenvalue weighted by Crippen LogP contribution is -2.22. The molecule has 1 aliphatic rings. The van der Waals surface area contributed by atoms with Gasteiger partial charge in [-0.1, -0.05) is 29.8 Å². The van der Waals surface area contributed by atoms with Crippen molar-refractivity contribution in [3.05, 3.63) is 75.5 Å². The molecule has 0 amide bonds. The molecule has 25 heavy (non-hydrogen) atoms. The molecule has 3 aromatic rings. The first-order valence-corrected chi connectivity index (χ1v) is 9.70. The predicted molar refractivity (Wildman–Crippen MR) is 96.0 cm³/mol. The van der Waals surface area contributed by atoms with Gasteiger partial charge in [0.1, 0.15) is 0 Å². The molecule has 0 saturated carbocycles. The van der Waals surface area contributed by atoms with E-state index < -0.39 is 9.84 Å². The lowest BCUT2D eigenvalue weighted by Gasteiger charge is -2.11.